The van der Waals surface area contributed by atoms with E-state index in [9.17, 15) is 0 Å². The summed E-state index contributed by atoms with van der Waals surface area (Å²) in [5.74, 6) is 0.629. The maximum absolute atomic E-state index is 6.18. The summed E-state index contributed by atoms with van der Waals surface area (Å²) in [6.45, 7) is 9.03. The lowest BCUT2D eigenvalue weighted by molar-refractivity contribution is 0.0341. The number of hydrogen-bond donors (Lipinski definition) is 1. The van der Waals surface area contributed by atoms with Crippen molar-refractivity contribution in [2.24, 2.45) is 11.7 Å². The number of nitrogens with two attached hydrogens (primary N) is 1. The van der Waals surface area contributed by atoms with Crippen molar-refractivity contribution in [1.29, 1.82) is 0 Å². The quantitative estimate of drug-likeness (QED) is 0.888. The Balaban J connectivity index is 1.88. The Hall–Kier alpha value is -0.490. The molecular formula is C13H23N3OS. The first-order valence-electron chi connectivity index (χ1n) is 6.65. The number of nitrogens with zero attached hydrogens (tertiary/aromatic N) is 2. The third-order valence-corrected chi connectivity index (χ3v) is 4.24. The number of morpholine rings is 1. The van der Waals surface area contributed by atoms with E-state index in [1.165, 1.54) is 9.88 Å². The maximum atomic E-state index is 6.18. The first-order valence-corrected chi connectivity index (χ1v) is 7.47. The van der Waals surface area contributed by atoms with Crippen molar-refractivity contribution < 1.29 is 4.74 Å². The molecular weight excluding hydrogens is 246 g/mol. The summed E-state index contributed by atoms with van der Waals surface area (Å²) >= 11 is 1.76. The monoisotopic (exact) mass is 269 g/mol. The van der Waals surface area contributed by atoms with Gasteiger partial charge in [-0.1, -0.05) is 13.8 Å². The highest BCUT2D eigenvalue weighted by atomic mass is 32.1. The summed E-state index contributed by atoms with van der Waals surface area (Å²) in [4.78, 5) is 8.10. The average Bonchev–Trinajstić information content (AvgIpc) is 2.78. The highest BCUT2D eigenvalue weighted by molar-refractivity contribution is 7.11. The van der Waals surface area contributed by atoms with Gasteiger partial charge < -0.3 is 10.5 Å². The molecule has 0 amide bonds. The Bertz CT molecular complexity index is 361. The van der Waals surface area contributed by atoms with E-state index in [1.54, 1.807) is 11.3 Å². The van der Waals surface area contributed by atoms with Gasteiger partial charge in [0.25, 0.3) is 0 Å². The maximum Gasteiger partial charge on any atom is 0.107 e. The lowest BCUT2D eigenvalue weighted by Crippen LogP contribution is -2.35. The summed E-state index contributed by atoms with van der Waals surface area (Å²) in [7, 11) is 0. The van der Waals surface area contributed by atoms with Crippen LogP contribution < -0.4 is 5.73 Å². The first-order chi connectivity index (χ1) is 8.65. The zero-order chi connectivity index (χ0) is 13.0. The fraction of sp³-hybridized carbons (Fsp3) is 0.769. The second-order valence-corrected chi connectivity index (χ2v) is 6.43. The van der Waals surface area contributed by atoms with Crippen molar-refractivity contribution in [2.75, 3.05) is 26.3 Å². The Kier molecular flexibility index (Phi) is 5.12. The van der Waals surface area contributed by atoms with E-state index in [0.717, 1.165) is 39.3 Å². The summed E-state index contributed by atoms with van der Waals surface area (Å²) < 4.78 is 5.35. The molecule has 2 rings (SSSR count). The van der Waals surface area contributed by atoms with Crippen molar-refractivity contribution in [2.45, 2.75) is 32.9 Å². The number of thiazole rings is 1. The fourth-order valence-electron chi connectivity index (χ4n) is 2.14. The largest absolute Gasteiger partial charge is 0.379 e. The van der Waals surface area contributed by atoms with Gasteiger partial charge in [-0.05, 0) is 12.3 Å². The predicted molar refractivity (Wildman–Crippen MR) is 74.6 cm³/mol. The minimum atomic E-state index is 0.140. The van der Waals surface area contributed by atoms with Crippen molar-refractivity contribution in [1.82, 2.24) is 9.88 Å². The van der Waals surface area contributed by atoms with Gasteiger partial charge in [0, 0.05) is 30.2 Å². The summed E-state index contributed by atoms with van der Waals surface area (Å²) in [5, 5.41) is 1.17. The number of ether oxygens (including phenoxy) is 1. The van der Waals surface area contributed by atoms with Gasteiger partial charge in [0.1, 0.15) is 5.01 Å². The molecule has 1 aliphatic heterocycles. The van der Waals surface area contributed by atoms with Crippen LogP contribution in [0.1, 0.15) is 36.2 Å². The summed E-state index contributed by atoms with van der Waals surface area (Å²) in [6, 6.07) is 0.140. The Labute approximate surface area is 113 Å². The molecule has 0 aliphatic carbocycles. The molecule has 2 N–H and O–H groups in total. The average molecular weight is 269 g/mol. The van der Waals surface area contributed by atoms with Crippen molar-refractivity contribution >= 4 is 11.3 Å². The predicted octanol–water partition coefficient (Wildman–Crippen LogP) is 2.02. The smallest absolute Gasteiger partial charge is 0.107 e. The van der Waals surface area contributed by atoms with Gasteiger partial charge in [-0.25, -0.2) is 4.98 Å². The molecule has 1 aliphatic rings. The van der Waals surface area contributed by atoms with Crippen LogP contribution in [0.25, 0.3) is 0 Å². The Morgan fingerprint density at radius 1 is 1.44 bits per heavy atom. The molecule has 1 aromatic rings. The molecule has 0 bridgehead atoms. The molecule has 5 heteroatoms. The molecule has 4 nitrogen and oxygen atoms in total. The molecule has 2 heterocycles. The second kappa shape index (κ2) is 6.61. The SMILES string of the molecule is CC(C)CC(N)c1cnc(CN2CCOCC2)s1. The molecule has 1 fully saturated rings. The van der Waals surface area contributed by atoms with Crippen molar-refractivity contribution in [3.63, 3.8) is 0 Å². The highest BCUT2D eigenvalue weighted by Crippen LogP contribution is 2.25. The zero-order valence-electron chi connectivity index (χ0n) is 11.3. The van der Waals surface area contributed by atoms with Crippen LogP contribution in [0.5, 0.6) is 0 Å². The summed E-state index contributed by atoms with van der Waals surface area (Å²) in [6.07, 6.45) is 2.98. The van der Waals surface area contributed by atoms with Crippen LogP contribution in [-0.2, 0) is 11.3 Å². The number of aromatic nitrogens is 1. The molecule has 1 unspecified atom stereocenters. The number of hydrogen-bond acceptors (Lipinski definition) is 5. The first kappa shape index (κ1) is 13.9. The van der Waals surface area contributed by atoms with E-state index in [-0.39, 0.29) is 6.04 Å². The van der Waals surface area contributed by atoms with Crippen LogP contribution in [0.15, 0.2) is 6.20 Å². The molecule has 0 spiro atoms. The Morgan fingerprint density at radius 3 is 2.83 bits per heavy atom. The lowest BCUT2D eigenvalue weighted by Gasteiger charge is -2.25. The van der Waals surface area contributed by atoms with Crippen molar-refractivity contribution in [3.05, 3.63) is 16.1 Å². The van der Waals surface area contributed by atoms with Crippen LogP contribution in [0.4, 0.5) is 0 Å². The zero-order valence-corrected chi connectivity index (χ0v) is 12.1. The van der Waals surface area contributed by atoms with Gasteiger partial charge in [-0.2, -0.15) is 0 Å². The fourth-order valence-corrected chi connectivity index (χ4v) is 3.12. The molecule has 1 atom stereocenters. The molecule has 0 saturated carbocycles. The molecule has 1 aromatic heterocycles. The van der Waals surface area contributed by atoms with E-state index >= 15 is 0 Å². The number of rotatable bonds is 5. The van der Waals surface area contributed by atoms with Crippen molar-refractivity contribution in [3.8, 4) is 0 Å². The van der Waals surface area contributed by atoms with E-state index in [0.29, 0.717) is 5.92 Å². The Morgan fingerprint density at radius 2 is 2.17 bits per heavy atom. The van der Waals surface area contributed by atoms with Crippen LogP contribution in [0.2, 0.25) is 0 Å². The highest BCUT2D eigenvalue weighted by Gasteiger charge is 2.15. The van der Waals surface area contributed by atoms with Gasteiger partial charge in [0.05, 0.1) is 19.8 Å². The van der Waals surface area contributed by atoms with Crippen LogP contribution >= 0.6 is 11.3 Å². The second-order valence-electron chi connectivity index (χ2n) is 5.28. The molecule has 18 heavy (non-hydrogen) atoms. The molecule has 0 radical (unpaired) electrons. The van der Waals surface area contributed by atoms with Gasteiger partial charge in [0.2, 0.25) is 0 Å². The van der Waals surface area contributed by atoms with Gasteiger partial charge in [-0.3, -0.25) is 4.90 Å². The summed E-state index contributed by atoms with van der Waals surface area (Å²) in [5.41, 5.74) is 6.18. The van der Waals surface area contributed by atoms with Crippen LogP contribution in [0, 0.1) is 5.92 Å². The van der Waals surface area contributed by atoms with E-state index < -0.39 is 0 Å². The van der Waals surface area contributed by atoms with Gasteiger partial charge in [-0.15, -0.1) is 11.3 Å². The topological polar surface area (TPSA) is 51.4 Å². The normalized spacial score (nSPS) is 19.3. The third kappa shape index (κ3) is 4.02. The third-order valence-electron chi connectivity index (χ3n) is 3.12. The molecule has 102 valence electrons. The van der Waals surface area contributed by atoms with Gasteiger partial charge in [0.15, 0.2) is 0 Å². The molecule has 0 aromatic carbocycles. The minimum Gasteiger partial charge on any atom is -0.379 e. The van der Waals surface area contributed by atoms with Gasteiger partial charge >= 0.3 is 0 Å². The molecule has 1 saturated heterocycles. The van der Waals surface area contributed by atoms with E-state index in [2.05, 4.69) is 23.7 Å². The van der Waals surface area contributed by atoms with E-state index in [1.807, 2.05) is 6.20 Å². The standard InChI is InChI=1S/C13H23N3OS/c1-10(2)7-11(14)12-8-15-13(18-12)9-16-3-5-17-6-4-16/h8,10-11H,3-7,9,14H2,1-2H3. The van der Waals surface area contributed by atoms with Crippen LogP contribution in [-0.4, -0.2) is 36.2 Å². The van der Waals surface area contributed by atoms with Crippen LogP contribution in [0.3, 0.4) is 0 Å². The van der Waals surface area contributed by atoms with E-state index in [4.69, 9.17) is 10.5 Å². The lowest BCUT2D eigenvalue weighted by atomic mass is 10.0. The minimum absolute atomic E-state index is 0.140.